The first kappa shape index (κ1) is 75.4. The number of aryl methyl sites for hydroxylation is 1. The van der Waals surface area contributed by atoms with Gasteiger partial charge in [-0.25, -0.2) is 19.6 Å². The number of anilines is 2. The summed E-state index contributed by atoms with van der Waals surface area (Å²) >= 11 is 3.11. The monoisotopic (exact) mass is 1400 g/mol. The van der Waals surface area contributed by atoms with Gasteiger partial charge in [0.1, 0.15) is 21.9 Å². The highest BCUT2D eigenvalue weighted by molar-refractivity contribution is 9.10. The Kier molecular flexibility index (Phi) is 28.8. The Hall–Kier alpha value is -10.1. The zero-order valence-corrected chi connectivity index (χ0v) is 59.5. The number of furan rings is 3. The molecular formula is C61H77BrN10O18Si3. The lowest BCUT2D eigenvalue weighted by atomic mass is 10.4. The number of amides is 1. The fourth-order valence-corrected chi connectivity index (χ4v) is 10.4. The summed E-state index contributed by atoms with van der Waals surface area (Å²) in [5.74, 6) is 1.36. The van der Waals surface area contributed by atoms with Crippen LogP contribution < -0.4 is 76.0 Å². The molecule has 0 unspecified atom stereocenters. The van der Waals surface area contributed by atoms with Gasteiger partial charge in [0.2, 0.25) is 57.9 Å². The Bertz CT molecular complexity index is 3960. The lowest BCUT2D eigenvalue weighted by Crippen LogP contribution is -2.42. The third-order valence-electron chi connectivity index (χ3n) is 11.7. The van der Waals surface area contributed by atoms with Gasteiger partial charge < -0.3 is 81.6 Å². The predicted molar refractivity (Wildman–Crippen MR) is 359 cm³/mol. The maximum atomic E-state index is 12.7. The standard InChI is InChI=1S/C20H24N4O6Si.C14H17NO4Si.C8H13NOSi.C7H11N3O3.C7H8O3.C5H4BrNO/c1-26-18-16(19(27-2)24-20(23-18)28-3)22-17(25)12-10-11-15(29-12)30-13-8-7-9-14(21-13)31(4,5)6;1-17-14(16)10-8-9-13(18-10)19-11-6-5-7-12(15-11)20(2,3)4;1-11(2,3)8-6-4-5-7(10)9-8;1-11-5-4(8)6(12-2)10-7(9-5)13-3;1-5-3-4-6(10-5)7(8)9-2;6-4-2-1-3-5(8)7-4/h7-11H,1-6H3,(H,22,25);5-9H,1-4H3;4-6H,1-3H3,(H,9,10);8H2,1-3H3;3-4H,1-2H3;1-3H,(H,7,8). The highest BCUT2D eigenvalue weighted by Crippen LogP contribution is 2.34. The van der Waals surface area contributed by atoms with Crippen molar-refractivity contribution >= 4 is 85.3 Å². The number of nitrogens with zero attached hydrogens (tertiary/aromatic N) is 6. The fraction of sp³-hybridized carbons (Fsp3) is 0.295. The Labute approximate surface area is 548 Å². The number of hydrogen-bond acceptors (Lipinski definition) is 25. The molecule has 32 heteroatoms. The molecule has 0 saturated carbocycles. The molecule has 0 aliphatic heterocycles. The third-order valence-corrected chi connectivity index (χ3v) is 17.7. The molecule has 9 aromatic rings. The smallest absolute Gasteiger partial charge is 0.374 e. The number of H-pyrrole nitrogens is 2. The molecule has 9 heterocycles. The quantitative estimate of drug-likeness (QED) is 0.0374. The number of nitrogen functional groups attached to an aromatic ring is 1. The second-order valence-corrected chi connectivity index (χ2v) is 37.7. The van der Waals surface area contributed by atoms with E-state index in [1.165, 1.54) is 81.1 Å². The molecule has 0 aliphatic carbocycles. The largest absolute Gasteiger partial charge is 0.479 e. The molecule has 28 nitrogen and oxygen atoms in total. The van der Waals surface area contributed by atoms with E-state index in [2.05, 4.69) is 130 Å². The van der Waals surface area contributed by atoms with Crippen molar-refractivity contribution < 1.29 is 75.0 Å². The number of nitrogens with one attached hydrogen (secondary N) is 3. The second kappa shape index (κ2) is 35.5. The number of nitrogens with two attached hydrogens (primary N) is 1. The molecule has 1 amide bonds. The van der Waals surface area contributed by atoms with E-state index >= 15 is 0 Å². The van der Waals surface area contributed by atoms with Crippen molar-refractivity contribution in [1.82, 2.24) is 39.9 Å². The summed E-state index contributed by atoms with van der Waals surface area (Å²) in [6.45, 7) is 21.6. The number of methoxy groups -OCH3 is 8. The second-order valence-electron chi connectivity index (χ2n) is 21.8. The maximum Gasteiger partial charge on any atom is 0.374 e. The minimum absolute atomic E-state index is 0.00456. The summed E-state index contributed by atoms with van der Waals surface area (Å²) in [4.78, 5) is 86.2. The van der Waals surface area contributed by atoms with E-state index in [4.69, 9.17) is 56.9 Å². The van der Waals surface area contributed by atoms with Crippen LogP contribution in [-0.4, -0.2) is 139 Å². The van der Waals surface area contributed by atoms with E-state index in [0.717, 1.165) is 16.0 Å². The third kappa shape index (κ3) is 24.3. The Morgan fingerprint density at radius 2 is 0.882 bits per heavy atom. The fourth-order valence-electron chi connectivity index (χ4n) is 6.90. The van der Waals surface area contributed by atoms with Gasteiger partial charge in [0.15, 0.2) is 17.1 Å². The molecule has 93 heavy (non-hydrogen) atoms. The van der Waals surface area contributed by atoms with Gasteiger partial charge in [-0.3, -0.25) is 14.4 Å². The Morgan fingerprint density at radius 3 is 1.25 bits per heavy atom. The molecule has 0 aliphatic rings. The van der Waals surface area contributed by atoms with Gasteiger partial charge >= 0.3 is 24.0 Å². The number of rotatable bonds is 17. The van der Waals surface area contributed by atoms with Crippen LogP contribution in [0.4, 0.5) is 11.4 Å². The highest BCUT2D eigenvalue weighted by Gasteiger charge is 2.24. The lowest BCUT2D eigenvalue weighted by Gasteiger charge is -2.15. The summed E-state index contributed by atoms with van der Waals surface area (Å²) in [5, 5.41) is 5.80. The normalized spacial score (nSPS) is 10.6. The van der Waals surface area contributed by atoms with Crippen LogP contribution in [-0.2, 0) is 9.47 Å². The van der Waals surface area contributed by atoms with Gasteiger partial charge in [-0.05, 0) is 71.4 Å². The van der Waals surface area contributed by atoms with Crippen molar-refractivity contribution in [2.24, 2.45) is 0 Å². The van der Waals surface area contributed by atoms with E-state index < -0.39 is 42.1 Å². The molecule has 0 bridgehead atoms. The summed E-state index contributed by atoms with van der Waals surface area (Å²) < 4.78 is 66.7. The highest BCUT2D eigenvalue weighted by atomic mass is 79.9. The SMILES string of the molecule is COC(=O)c1ccc(C)o1.COC(=O)c1ccc(Oc2cccc([Si](C)(C)C)n2)o1.COc1nc(OC)c(N)c(OC)n1.COc1nc(OC)c(NC(=O)c2ccc(Oc3cccc([Si](C)(C)C)n3)o2)c(OC)n1.C[Si](C)(C)c1cccc(=O)[nH]1.O=c1cccc(Br)[nH]1. The number of esters is 2. The van der Waals surface area contributed by atoms with Crippen LogP contribution in [0.1, 0.15) is 37.4 Å². The Morgan fingerprint density at radius 1 is 0.473 bits per heavy atom. The van der Waals surface area contributed by atoms with Crippen molar-refractivity contribution in [3.05, 3.63) is 158 Å². The summed E-state index contributed by atoms with van der Waals surface area (Å²) in [6, 6.07) is 31.1. The number of halogens is 1. The number of carbonyl (C=O) groups is 3. The molecule has 0 saturated heterocycles. The average molecular weight is 1400 g/mol. The zero-order valence-electron chi connectivity index (χ0n) is 54.9. The molecule has 0 spiro atoms. The number of carbonyl (C=O) groups excluding carboxylic acids is 3. The van der Waals surface area contributed by atoms with E-state index in [9.17, 15) is 24.0 Å². The molecule has 5 N–H and O–H groups in total. The lowest BCUT2D eigenvalue weighted by molar-refractivity contribution is 0.0554. The first-order valence-corrected chi connectivity index (χ1v) is 39.1. The van der Waals surface area contributed by atoms with Crippen LogP contribution in [0, 0.1) is 6.92 Å². The average Bonchev–Trinajstić information content (AvgIpc) is 1.84. The van der Waals surface area contributed by atoms with Gasteiger partial charge in [0.25, 0.3) is 17.8 Å². The molecule has 0 radical (unpaired) electrons. The number of ether oxygens (including phenoxy) is 10. The first-order chi connectivity index (χ1) is 43.9. The summed E-state index contributed by atoms with van der Waals surface area (Å²) in [7, 11) is 6.77. The molecule has 9 aromatic heterocycles. The van der Waals surface area contributed by atoms with Crippen LogP contribution in [0.25, 0.3) is 0 Å². The van der Waals surface area contributed by atoms with Crippen LogP contribution >= 0.6 is 15.9 Å². The van der Waals surface area contributed by atoms with Gasteiger partial charge in [-0.1, -0.05) is 83.2 Å². The van der Waals surface area contributed by atoms with Gasteiger partial charge in [0.05, 0.1) is 69.6 Å². The van der Waals surface area contributed by atoms with Crippen LogP contribution in [0.5, 0.6) is 59.2 Å². The summed E-state index contributed by atoms with van der Waals surface area (Å²) in [5.41, 5.74) is 5.91. The number of pyridine rings is 4. The van der Waals surface area contributed by atoms with Crippen molar-refractivity contribution in [3.8, 4) is 59.2 Å². The Balaban J connectivity index is 0.000000256. The number of hydrogen-bond donors (Lipinski definition) is 4. The van der Waals surface area contributed by atoms with Crippen molar-refractivity contribution in [3.63, 3.8) is 0 Å². The van der Waals surface area contributed by atoms with Crippen molar-refractivity contribution in [2.75, 3.05) is 67.9 Å². The van der Waals surface area contributed by atoms with Crippen LogP contribution in [0.15, 0.2) is 137 Å². The maximum absolute atomic E-state index is 12.7. The van der Waals surface area contributed by atoms with E-state index in [-0.39, 0.29) is 87.2 Å². The molecule has 0 aromatic carbocycles. The van der Waals surface area contributed by atoms with E-state index in [1.54, 1.807) is 55.5 Å². The molecule has 9 rings (SSSR count). The summed E-state index contributed by atoms with van der Waals surface area (Å²) in [6.07, 6.45) is 0. The first-order valence-electron chi connectivity index (χ1n) is 27.8. The zero-order chi connectivity index (χ0) is 69.2. The van der Waals surface area contributed by atoms with E-state index in [0.29, 0.717) is 22.1 Å². The molecule has 0 atom stereocenters. The van der Waals surface area contributed by atoms with Crippen LogP contribution in [0.3, 0.4) is 0 Å². The van der Waals surface area contributed by atoms with Gasteiger partial charge in [-0.2, -0.15) is 19.9 Å². The minimum Gasteiger partial charge on any atom is -0.479 e. The topological polar surface area (TPSA) is 364 Å². The van der Waals surface area contributed by atoms with Crippen LogP contribution in [0.2, 0.25) is 58.9 Å². The van der Waals surface area contributed by atoms with Crippen molar-refractivity contribution in [1.29, 1.82) is 0 Å². The molecule has 498 valence electrons. The predicted octanol–water partition coefficient (Wildman–Crippen LogP) is 9.40. The van der Waals surface area contributed by atoms with E-state index in [1.807, 2.05) is 36.4 Å². The molecular weight excluding hydrogens is 1320 g/mol. The minimum atomic E-state index is -1.59. The number of aromatic amines is 2. The molecule has 0 fully saturated rings. The van der Waals surface area contributed by atoms with Gasteiger partial charge in [0, 0.05) is 52.3 Å². The van der Waals surface area contributed by atoms with Crippen molar-refractivity contribution in [2.45, 2.75) is 65.8 Å². The van der Waals surface area contributed by atoms with Gasteiger partial charge in [-0.15, -0.1) is 0 Å². The number of aromatic nitrogens is 8.